The van der Waals surface area contributed by atoms with E-state index in [4.69, 9.17) is 0 Å². The molecule has 0 bridgehead atoms. The van der Waals surface area contributed by atoms with Crippen LogP contribution < -0.4 is 0 Å². The molecule has 1 heterocycles. The highest BCUT2D eigenvalue weighted by Crippen LogP contribution is 2.22. The van der Waals surface area contributed by atoms with Gasteiger partial charge in [0.25, 0.3) is 11.8 Å². The smallest absolute Gasteiger partial charge is 0.424 e. The second-order valence-corrected chi connectivity index (χ2v) is 3.36. The zero-order valence-corrected chi connectivity index (χ0v) is 8.88. The molecule has 0 spiro atoms. The van der Waals surface area contributed by atoms with Gasteiger partial charge in [0.15, 0.2) is 0 Å². The van der Waals surface area contributed by atoms with E-state index in [1.54, 1.807) is 12.1 Å². The summed E-state index contributed by atoms with van der Waals surface area (Å²) in [4.78, 5) is 35.6. The van der Waals surface area contributed by atoms with Crippen molar-refractivity contribution in [3.63, 3.8) is 0 Å². The summed E-state index contributed by atoms with van der Waals surface area (Å²) in [5, 5.41) is 0. The van der Waals surface area contributed by atoms with E-state index in [1.165, 1.54) is 18.2 Å². The first-order valence-corrected chi connectivity index (χ1v) is 4.92. The number of hydrogen-bond acceptors (Lipinski definition) is 4. The van der Waals surface area contributed by atoms with Gasteiger partial charge in [0.1, 0.15) is 6.61 Å². The Morgan fingerprint density at radius 2 is 1.76 bits per heavy atom. The number of imide groups is 3. The maximum Gasteiger partial charge on any atom is 0.424 e. The van der Waals surface area contributed by atoms with Crippen molar-refractivity contribution in [3.8, 4) is 0 Å². The van der Waals surface area contributed by atoms with E-state index < -0.39 is 17.9 Å². The molecule has 0 atom stereocenters. The molecule has 5 heteroatoms. The number of benzene rings is 1. The lowest BCUT2D eigenvalue weighted by Gasteiger charge is -2.10. The molecule has 2 rings (SSSR count). The first kappa shape index (κ1) is 11.1. The monoisotopic (exact) mass is 231 g/mol. The van der Waals surface area contributed by atoms with E-state index in [0.29, 0.717) is 4.90 Å². The van der Waals surface area contributed by atoms with Crippen molar-refractivity contribution in [2.75, 3.05) is 6.61 Å². The highest BCUT2D eigenvalue weighted by molar-refractivity contribution is 6.27. The molecule has 0 fully saturated rings. The van der Waals surface area contributed by atoms with Gasteiger partial charge in [0, 0.05) is 0 Å². The fourth-order valence-electron chi connectivity index (χ4n) is 1.55. The van der Waals surface area contributed by atoms with E-state index in [1.807, 2.05) is 0 Å². The van der Waals surface area contributed by atoms with Crippen LogP contribution in [0.15, 0.2) is 36.9 Å². The summed E-state index contributed by atoms with van der Waals surface area (Å²) in [6, 6.07) is 6.25. The largest absolute Gasteiger partial charge is 0.445 e. The molecule has 86 valence electrons. The van der Waals surface area contributed by atoms with Crippen LogP contribution in [0.25, 0.3) is 0 Å². The first-order chi connectivity index (χ1) is 8.16. The summed E-state index contributed by atoms with van der Waals surface area (Å²) in [5.41, 5.74) is 0.432. The summed E-state index contributed by atoms with van der Waals surface area (Å²) < 4.78 is 4.67. The number of fused-ring (bicyclic) bond motifs is 1. The molecule has 0 saturated heterocycles. The van der Waals surface area contributed by atoms with Crippen LogP contribution in [0.2, 0.25) is 0 Å². The highest BCUT2D eigenvalue weighted by Gasteiger charge is 2.40. The Balaban J connectivity index is 2.30. The van der Waals surface area contributed by atoms with Crippen LogP contribution in [-0.2, 0) is 4.74 Å². The average Bonchev–Trinajstić information content (AvgIpc) is 2.60. The maximum atomic E-state index is 11.8. The van der Waals surface area contributed by atoms with Crippen LogP contribution in [-0.4, -0.2) is 29.4 Å². The molecule has 5 nitrogen and oxygen atoms in total. The minimum atomic E-state index is -0.976. The lowest BCUT2D eigenvalue weighted by atomic mass is 10.1. The van der Waals surface area contributed by atoms with Crippen molar-refractivity contribution in [3.05, 3.63) is 48.0 Å². The van der Waals surface area contributed by atoms with Crippen LogP contribution in [0.3, 0.4) is 0 Å². The van der Waals surface area contributed by atoms with Crippen LogP contribution in [0.4, 0.5) is 4.79 Å². The number of carbonyl (C=O) groups is 3. The van der Waals surface area contributed by atoms with E-state index in [2.05, 4.69) is 11.3 Å². The minimum Gasteiger partial charge on any atom is -0.445 e. The van der Waals surface area contributed by atoms with Crippen molar-refractivity contribution >= 4 is 17.9 Å². The Hall–Kier alpha value is -2.43. The Labute approximate surface area is 97.3 Å². The average molecular weight is 231 g/mol. The van der Waals surface area contributed by atoms with Crippen LogP contribution in [0, 0.1) is 0 Å². The predicted octanol–water partition coefficient (Wildman–Crippen LogP) is 1.61. The van der Waals surface area contributed by atoms with Gasteiger partial charge in [-0.2, -0.15) is 4.90 Å². The molecule has 1 aliphatic heterocycles. The second-order valence-electron chi connectivity index (χ2n) is 3.36. The summed E-state index contributed by atoms with van der Waals surface area (Å²) in [6.45, 7) is 3.32. The summed E-state index contributed by atoms with van der Waals surface area (Å²) in [5.74, 6) is -1.31. The number of carbonyl (C=O) groups excluding carboxylic acids is 3. The number of rotatable bonds is 2. The lowest BCUT2D eigenvalue weighted by Crippen LogP contribution is -2.36. The standard InChI is InChI=1S/C12H9NO4/c1-2-7-17-12(16)13-10(14)8-5-3-4-6-9(8)11(13)15/h2-6H,1,7H2. The van der Waals surface area contributed by atoms with Crippen molar-refractivity contribution in [2.45, 2.75) is 0 Å². The SMILES string of the molecule is C=CCOC(=O)N1C(=O)c2ccccc2C1=O. The molecule has 3 amide bonds. The van der Waals surface area contributed by atoms with Gasteiger partial charge >= 0.3 is 6.09 Å². The van der Waals surface area contributed by atoms with Gasteiger partial charge in [-0.25, -0.2) is 4.79 Å². The number of amides is 3. The van der Waals surface area contributed by atoms with Crippen LogP contribution in [0.1, 0.15) is 20.7 Å². The van der Waals surface area contributed by atoms with E-state index >= 15 is 0 Å². The fourth-order valence-corrected chi connectivity index (χ4v) is 1.55. The van der Waals surface area contributed by atoms with Crippen molar-refractivity contribution in [1.82, 2.24) is 4.90 Å². The first-order valence-electron chi connectivity index (χ1n) is 4.92. The molecular formula is C12H9NO4. The predicted molar refractivity (Wildman–Crippen MR) is 58.5 cm³/mol. The zero-order chi connectivity index (χ0) is 12.4. The van der Waals surface area contributed by atoms with Crippen molar-refractivity contribution in [1.29, 1.82) is 0 Å². The third kappa shape index (κ3) is 1.71. The number of ether oxygens (including phenoxy) is 1. The summed E-state index contributed by atoms with van der Waals surface area (Å²) in [6.07, 6.45) is 0.381. The van der Waals surface area contributed by atoms with Crippen molar-refractivity contribution in [2.24, 2.45) is 0 Å². The van der Waals surface area contributed by atoms with Crippen LogP contribution in [0.5, 0.6) is 0 Å². The molecule has 17 heavy (non-hydrogen) atoms. The third-order valence-electron chi connectivity index (χ3n) is 2.30. The van der Waals surface area contributed by atoms with Crippen molar-refractivity contribution < 1.29 is 19.1 Å². The molecule has 0 aromatic heterocycles. The quantitative estimate of drug-likeness (QED) is 0.573. The molecule has 0 aliphatic carbocycles. The second kappa shape index (κ2) is 4.21. The number of hydrogen-bond donors (Lipinski definition) is 0. The molecule has 0 saturated carbocycles. The molecule has 1 aromatic carbocycles. The third-order valence-corrected chi connectivity index (χ3v) is 2.30. The minimum absolute atomic E-state index is 0.0494. The van der Waals surface area contributed by atoms with E-state index in [0.717, 1.165) is 0 Å². The molecule has 1 aromatic rings. The lowest BCUT2D eigenvalue weighted by molar-refractivity contribution is 0.0605. The Morgan fingerprint density at radius 3 is 2.24 bits per heavy atom. The maximum absolute atomic E-state index is 11.8. The molecule has 0 unspecified atom stereocenters. The van der Waals surface area contributed by atoms with Gasteiger partial charge in [-0.1, -0.05) is 24.8 Å². The molecule has 0 radical (unpaired) electrons. The zero-order valence-electron chi connectivity index (χ0n) is 8.88. The van der Waals surface area contributed by atoms with Gasteiger partial charge in [0.05, 0.1) is 11.1 Å². The number of nitrogens with zero attached hydrogens (tertiary/aromatic N) is 1. The van der Waals surface area contributed by atoms with Gasteiger partial charge in [-0.3, -0.25) is 9.59 Å². The van der Waals surface area contributed by atoms with Gasteiger partial charge in [-0.15, -0.1) is 0 Å². The highest BCUT2D eigenvalue weighted by atomic mass is 16.6. The fraction of sp³-hybridized carbons (Fsp3) is 0.0833. The Bertz CT molecular complexity index is 486. The summed E-state index contributed by atoms with van der Waals surface area (Å²) >= 11 is 0. The van der Waals surface area contributed by atoms with Crippen LogP contribution >= 0.6 is 0 Å². The van der Waals surface area contributed by atoms with E-state index in [-0.39, 0.29) is 17.7 Å². The van der Waals surface area contributed by atoms with Gasteiger partial charge in [-0.05, 0) is 12.1 Å². The molecule has 0 N–H and O–H groups in total. The molecular weight excluding hydrogens is 222 g/mol. The van der Waals surface area contributed by atoms with Gasteiger partial charge < -0.3 is 4.74 Å². The molecule has 1 aliphatic rings. The summed E-state index contributed by atoms with van der Waals surface area (Å²) in [7, 11) is 0. The van der Waals surface area contributed by atoms with Gasteiger partial charge in [0.2, 0.25) is 0 Å². The Kier molecular flexibility index (Phi) is 2.74. The Morgan fingerprint density at radius 1 is 1.24 bits per heavy atom. The normalized spacial score (nSPS) is 13.5. The van der Waals surface area contributed by atoms with E-state index in [9.17, 15) is 14.4 Å². The topological polar surface area (TPSA) is 63.7 Å².